The van der Waals surface area contributed by atoms with E-state index in [4.69, 9.17) is 39.5 Å². The number of carbonyl (C=O) groups is 2. The Bertz CT molecular complexity index is 1530. The molecule has 0 radical (unpaired) electrons. The van der Waals surface area contributed by atoms with Crippen LogP contribution in [0, 0.1) is 0 Å². The zero-order valence-electron chi connectivity index (χ0n) is 23.2. The van der Waals surface area contributed by atoms with E-state index in [1.807, 2.05) is 0 Å². The molecule has 0 spiro atoms. The summed E-state index contributed by atoms with van der Waals surface area (Å²) in [7, 11) is -2.78. The summed E-state index contributed by atoms with van der Waals surface area (Å²) in [6.45, 7) is 0.967. The summed E-state index contributed by atoms with van der Waals surface area (Å²) in [5.74, 6) is -0.591. The van der Waals surface area contributed by atoms with Gasteiger partial charge in [0.15, 0.2) is 0 Å². The van der Waals surface area contributed by atoms with Gasteiger partial charge < -0.3 is 15.0 Å². The number of rotatable bonds is 11. The van der Waals surface area contributed by atoms with Crippen LogP contribution in [0.1, 0.15) is 38.2 Å². The van der Waals surface area contributed by atoms with Crippen LogP contribution in [0.15, 0.2) is 71.6 Å². The molecule has 1 fully saturated rings. The number of anilines is 1. The lowest BCUT2D eigenvalue weighted by atomic mass is 10.1. The van der Waals surface area contributed by atoms with Crippen molar-refractivity contribution in [1.29, 1.82) is 0 Å². The van der Waals surface area contributed by atoms with Crippen LogP contribution in [0.2, 0.25) is 15.1 Å². The van der Waals surface area contributed by atoms with E-state index in [2.05, 4.69) is 5.32 Å². The largest absolute Gasteiger partial charge is 0.495 e. The summed E-state index contributed by atoms with van der Waals surface area (Å²) in [6, 6.07) is 16.2. The smallest absolute Gasteiger partial charge is 0.264 e. The van der Waals surface area contributed by atoms with Gasteiger partial charge in [0.25, 0.3) is 10.0 Å². The third-order valence-corrected chi connectivity index (χ3v) is 9.93. The second kappa shape index (κ2) is 14.0. The number of hydrogen-bond donors (Lipinski definition) is 1. The van der Waals surface area contributed by atoms with Crippen molar-refractivity contribution < 1.29 is 22.7 Å². The molecule has 1 aliphatic rings. The highest BCUT2D eigenvalue weighted by molar-refractivity contribution is 7.92. The summed E-state index contributed by atoms with van der Waals surface area (Å²) in [4.78, 5) is 28.8. The van der Waals surface area contributed by atoms with Gasteiger partial charge in [-0.05, 0) is 67.8 Å². The molecule has 0 aromatic heterocycles. The number of nitrogens with zero attached hydrogens (tertiary/aromatic N) is 2. The van der Waals surface area contributed by atoms with Gasteiger partial charge in [-0.25, -0.2) is 8.42 Å². The average molecular weight is 653 g/mol. The van der Waals surface area contributed by atoms with Crippen LogP contribution in [-0.2, 0) is 26.2 Å². The maximum absolute atomic E-state index is 14.1. The first-order chi connectivity index (χ1) is 20.0. The third kappa shape index (κ3) is 7.50. The van der Waals surface area contributed by atoms with E-state index in [1.165, 1.54) is 42.3 Å². The number of hydrogen-bond acceptors (Lipinski definition) is 5. The van der Waals surface area contributed by atoms with E-state index >= 15 is 0 Å². The molecule has 0 heterocycles. The number of amides is 2. The van der Waals surface area contributed by atoms with Crippen LogP contribution in [0.25, 0.3) is 0 Å². The van der Waals surface area contributed by atoms with Crippen LogP contribution in [0.3, 0.4) is 0 Å². The van der Waals surface area contributed by atoms with Gasteiger partial charge >= 0.3 is 0 Å². The first-order valence-corrected chi connectivity index (χ1v) is 16.0. The Hall–Kier alpha value is -2.98. The highest BCUT2D eigenvalue weighted by Gasteiger charge is 2.34. The minimum Gasteiger partial charge on any atom is -0.495 e. The molecular formula is C30H32Cl3N3O5S. The van der Waals surface area contributed by atoms with E-state index in [0.717, 1.165) is 30.0 Å². The predicted octanol–water partition coefficient (Wildman–Crippen LogP) is 6.33. The number of sulfonamides is 1. The number of benzene rings is 3. The standard InChI is InChI=1S/C30H32Cl3N3O5S/c1-20(30(38)34-23-8-6-7-9-23)35(18-21-12-13-22(31)16-26(21)32)29(37)19-36(24-14-15-28(41-2)27(33)17-24)42(39,40)25-10-4-3-5-11-25/h3-5,10-17,20,23H,6-9,18-19H2,1-2H3,(H,34,38)/t20-/m1/s1. The van der Waals surface area contributed by atoms with Crippen molar-refractivity contribution >= 4 is 62.3 Å². The van der Waals surface area contributed by atoms with Gasteiger partial charge in [-0.3, -0.25) is 13.9 Å². The minimum absolute atomic E-state index is 0.0101. The fraction of sp³-hybridized carbons (Fsp3) is 0.333. The molecule has 8 nitrogen and oxygen atoms in total. The highest BCUT2D eigenvalue weighted by atomic mass is 35.5. The topological polar surface area (TPSA) is 96.0 Å². The summed E-state index contributed by atoms with van der Waals surface area (Å²) >= 11 is 18.9. The molecule has 2 amide bonds. The zero-order valence-corrected chi connectivity index (χ0v) is 26.3. The fourth-order valence-electron chi connectivity index (χ4n) is 4.87. The fourth-order valence-corrected chi connectivity index (χ4v) is 7.01. The number of nitrogens with one attached hydrogen (secondary N) is 1. The van der Waals surface area contributed by atoms with Crippen LogP contribution >= 0.6 is 34.8 Å². The van der Waals surface area contributed by atoms with Crippen molar-refractivity contribution in [2.75, 3.05) is 18.0 Å². The van der Waals surface area contributed by atoms with E-state index in [-0.39, 0.29) is 34.1 Å². The van der Waals surface area contributed by atoms with Crippen LogP contribution in [-0.4, -0.2) is 50.9 Å². The van der Waals surface area contributed by atoms with Crippen molar-refractivity contribution in [2.24, 2.45) is 0 Å². The van der Waals surface area contributed by atoms with Gasteiger partial charge in [0.1, 0.15) is 18.3 Å². The summed E-state index contributed by atoms with van der Waals surface area (Å²) in [6.07, 6.45) is 3.80. The molecule has 1 N–H and O–H groups in total. The van der Waals surface area contributed by atoms with Gasteiger partial charge in [0, 0.05) is 22.6 Å². The summed E-state index contributed by atoms with van der Waals surface area (Å²) < 4.78 is 34.0. The summed E-state index contributed by atoms with van der Waals surface area (Å²) in [5.41, 5.74) is 0.713. The predicted molar refractivity (Wildman–Crippen MR) is 166 cm³/mol. The number of ether oxygens (including phenoxy) is 1. The normalized spacial score (nSPS) is 14.3. The Morgan fingerprint density at radius 2 is 1.67 bits per heavy atom. The molecule has 0 saturated heterocycles. The zero-order chi connectivity index (χ0) is 30.4. The van der Waals surface area contributed by atoms with Gasteiger partial charge in [0.2, 0.25) is 11.8 Å². The lowest BCUT2D eigenvalue weighted by Crippen LogP contribution is -2.52. The molecule has 42 heavy (non-hydrogen) atoms. The minimum atomic E-state index is -4.23. The molecule has 1 saturated carbocycles. The third-order valence-electron chi connectivity index (χ3n) is 7.26. The van der Waals surface area contributed by atoms with E-state index in [9.17, 15) is 18.0 Å². The van der Waals surface area contributed by atoms with Crippen LogP contribution < -0.4 is 14.4 Å². The van der Waals surface area contributed by atoms with E-state index < -0.39 is 28.5 Å². The quantitative estimate of drug-likeness (QED) is 0.261. The van der Waals surface area contributed by atoms with Crippen LogP contribution in [0.5, 0.6) is 5.75 Å². The maximum atomic E-state index is 14.1. The molecule has 12 heteroatoms. The van der Waals surface area contributed by atoms with Gasteiger partial charge in [-0.15, -0.1) is 0 Å². The van der Waals surface area contributed by atoms with Gasteiger partial charge in [0.05, 0.1) is 22.7 Å². The average Bonchev–Trinajstić information content (AvgIpc) is 3.48. The molecule has 224 valence electrons. The van der Waals surface area contributed by atoms with Crippen molar-refractivity contribution in [3.63, 3.8) is 0 Å². The first-order valence-electron chi connectivity index (χ1n) is 13.5. The number of carbonyl (C=O) groups excluding carboxylic acids is 2. The highest BCUT2D eigenvalue weighted by Crippen LogP contribution is 2.32. The van der Waals surface area contributed by atoms with Crippen molar-refractivity contribution in [3.05, 3.63) is 87.4 Å². The van der Waals surface area contributed by atoms with Gasteiger partial charge in [-0.1, -0.05) is 71.9 Å². The number of halogens is 3. The van der Waals surface area contributed by atoms with Gasteiger partial charge in [-0.2, -0.15) is 0 Å². The molecule has 4 rings (SSSR count). The van der Waals surface area contributed by atoms with E-state index in [0.29, 0.717) is 21.4 Å². The lowest BCUT2D eigenvalue weighted by molar-refractivity contribution is -0.139. The Morgan fingerprint density at radius 1 is 0.976 bits per heavy atom. The second-order valence-corrected chi connectivity index (χ2v) is 13.2. The monoisotopic (exact) mass is 651 g/mol. The lowest BCUT2D eigenvalue weighted by Gasteiger charge is -2.32. The van der Waals surface area contributed by atoms with Crippen molar-refractivity contribution in [2.45, 2.75) is 56.1 Å². The maximum Gasteiger partial charge on any atom is 0.264 e. The first kappa shape index (κ1) is 31.9. The summed E-state index contributed by atoms with van der Waals surface area (Å²) in [5, 5.41) is 3.95. The Balaban J connectivity index is 1.72. The molecule has 0 unspecified atom stereocenters. The Morgan fingerprint density at radius 3 is 2.29 bits per heavy atom. The molecule has 3 aromatic carbocycles. The Kier molecular flexibility index (Phi) is 10.6. The van der Waals surface area contributed by atoms with Crippen molar-refractivity contribution in [1.82, 2.24) is 10.2 Å². The SMILES string of the molecule is COc1ccc(N(CC(=O)N(Cc2ccc(Cl)cc2Cl)[C@H](C)C(=O)NC2CCCC2)S(=O)(=O)c2ccccc2)cc1Cl. The molecular weight excluding hydrogens is 621 g/mol. The van der Waals surface area contributed by atoms with E-state index in [1.54, 1.807) is 43.3 Å². The molecule has 0 bridgehead atoms. The molecule has 1 atom stereocenters. The number of methoxy groups -OCH3 is 1. The van der Waals surface area contributed by atoms with Crippen LogP contribution in [0.4, 0.5) is 5.69 Å². The molecule has 1 aliphatic carbocycles. The molecule has 3 aromatic rings. The van der Waals surface area contributed by atoms with Crippen molar-refractivity contribution in [3.8, 4) is 5.75 Å². The second-order valence-electron chi connectivity index (χ2n) is 10.1. The Labute approximate surface area is 261 Å². The molecule has 0 aliphatic heterocycles.